The lowest BCUT2D eigenvalue weighted by Crippen LogP contribution is -2.44. The van der Waals surface area contributed by atoms with E-state index in [1.807, 2.05) is 20.8 Å². The van der Waals surface area contributed by atoms with Crippen LogP contribution in [-0.2, 0) is 9.47 Å². The highest BCUT2D eigenvalue weighted by Crippen LogP contribution is 2.22. The Bertz CT molecular complexity index is 249. The number of carbonyl (C=O) groups is 1. The lowest BCUT2D eigenvalue weighted by atomic mass is 10.2. The fourth-order valence-corrected chi connectivity index (χ4v) is 1.86. The second kappa shape index (κ2) is 5.01. The molecule has 1 aliphatic rings. The molecule has 0 bridgehead atoms. The Hall–Kier alpha value is -0.810. The minimum Gasteiger partial charge on any atom is -0.444 e. The maximum Gasteiger partial charge on any atom is 0.410 e. The first-order valence-electron chi connectivity index (χ1n) is 5.52. The Balaban J connectivity index is 2.63. The fraction of sp³-hybridized carbons (Fsp3) is 0.909. The highest BCUT2D eigenvalue weighted by Gasteiger charge is 2.38. The summed E-state index contributed by atoms with van der Waals surface area (Å²) in [5.74, 6) is 0. The van der Waals surface area contributed by atoms with Crippen molar-refractivity contribution in [3.63, 3.8) is 0 Å². The van der Waals surface area contributed by atoms with E-state index in [9.17, 15) is 9.90 Å². The van der Waals surface area contributed by atoms with Gasteiger partial charge in [0.1, 0.15) is 5.60 Å². The molecule has 1 aliphatic heterocycles. The van der Waals surface area contributed by atoms with Crippen LogP contribution >= 0.6 is 0 Å². The van der Waals surface area contributed by atoms with Gasteiger partial charge >= 0.3 is 6.09 Å². The molecule has 0 aromatic rings. The van der Waals surface area contributed by atoms with Crippen molar-refractivity contribution in [2.24, 2.45) is 0 Å². The minimum atomic E-state index is -0.512. The molecule has 0 aliphatic carbocycles. The number of likely N-dealkylation sites (tertiary alicyclic amines) is 1. The van der Waals surface area contributed by atoms with Crippen LogP contribution in [-0.4, -0.2) is 54.1 Å². The predicted molar refractivity (Wildman–Crippen MR) is 59.2 cm³/mol. The number of aliphatic hydroxyl groups is 1. The van der Waals surface area contributed by atoms with Gasteiger partial charge in [0.2, 0.25) is 0 Å². The van der Waals surface area contributed by atoms with Crippen molar-refractivity contribution >= 4 is 6.09 Å². The van der Waals surface area contributed by atoms with E-state index in [0.29, 0.717) is 6.54 Å². The molecule has 1 saturated heterocycles. The van der Waals surface area contributed by atoms with Crippen LogP contribution in [0.5, 0.6) is 0 Å². The van der Waals surface area contributed by atoms with Crippen LogP contribution in [0.4, 0.5) is 4.79 Å². The van der Waals surface area contributed by atoms with Crippen LogP contribution in [0.15, 0.2) is 0 Å². The van der Waals surface area contributed by atoms with Crippen LogP contribution in [0.1, 0.15) is 27.2 Å². The molecule has 1 amide bonds. The highest BCUT2D eigenvalue weighted by molar-refractivity contribution is 5.69. The van der Waals surface area contributed by atoms with Gasteiger partial charge in [-0.2, -0.15) is 0 Å². The van der Waals surface area contributed by atoms with Crippen LogP contribution in [0.25, 0.3) is 0 Å². The zero-order valence-electron chi connectivity index (χ0n) is 10.4. The van der Waals surface area contributed by atoms with Crippen molar-refractivity contribution in [2.75, 3.05) is 20.3 Å². The number of methoxy groups -OCH3 is 1. The molecule has 1 heterocycles. The molecule has 5 heteroatoms. The van der Waals surface area contributed by atoms with Crippen LogP contribution in [0.3, 0.4) is 0 Å². The largest absolute Gasteiger partial charge is 0.444 e. The van der Waals surface area contributed by atoms with Gasteiger partial charge < -0.3 is 19.5 Å². The van der Waals surface area contributed by atoms with E-state index in [1.54, 1.807) is 12.0 Å². The number of hydrogen-bond acceptors (Lipinski definition) is 4. The van der Waals surface area contributed by atoms with Gasteiger partial charge in [-0.25, -0.2) is 4.79 Å². The van der Waals surface area contributed by atoms with Crippen molar-refractivity contribution in [3.8, 4) is 0 Å². The Morgan fingerprint density at radius 1 is 1.50 bits per heavy atom. The summed E-state index contributed by atoms with van der Waals surface area (Å²) in [5.41, 5.74) is -0.512. The zero-order chi connectivity index (χ0) is 12.3. The highest BCUT2D eigenvalue weighted by atomic mass is 16.6. The summed E-state index contributed by atoms with van der Waals surface area (Å²) in [6.07, 6.45) is 0.254. The summed E-state index contributed by atoms with van der Waals surface area (Å²) in [6.45, 7) is 5.94. The van der Waals surface area contributed by atoms with Gasteiger partial charge in [-0.05, 0) is 27.2 Å². The number of ether oxygens (including phenoxy) is 2. The number of hydrogen-bond donors (Lipinski definition) is 1. The third-order valence-corrected chi connectivity index (χ3v) is 2.60. The zero-order valence-corrected chi connectivity index (χ0v) is 10.4. The average molecular weight is 231 g/mol. The summed E-state index contributed by atoms with van der Waals surface area (Å²) in [6, 6.07) is -0.292. The molecule has 0 radical (unpaired) electrons. The Labute approximate surface area is 96.3 Å². The van der Waals surface area contributed by atoms with Crippen molar-refractivity contribution in [1.82, 2.24) is 4.90 Å². The van der Waals surface area contributed by atoms with E-state index < -0.39 is 5.60 Å². The molecule has 0 spiro atoms. The van der Waals surface area contributed by atoms with Gasteiger partial charge in [0.15, 0.2) is 0 Å². The fourth-order valence-electron chi connectivity index (χ4n) is 1.86. The lowest BCUT2D eigenvalue weighted by Gasteiger charge is -2.29. The summed E-state index contributed by atoms with van der Waals surface area (Å²) in [5, 5.41) is 9.26. The minimum absolute atomic E-state index is 0.0995. The topological polar surface area (TPSA) is 59.0 Å². The van der Waals surface area contributed by atoms with Crippen molar-refractivity contribution in [1.29, 1.82) is 0 Å². The Kier molecular flexibility index (Phi) is 4.15. The SMILES string of the molecule is CO[C@H]1CCN(C(=O)OC(C)(C)C)[C@H]1CO. The van der Waals surface area contributed by atoms with Gasteiger partial charge in [-0.1, -0.05) is 0 Å². The molecular formula is C11H21NO4. The molecule has 0 saturated carbocycles. The monoisotopic (exact) mass is 231 g/mol. The molecule has 94 valence electrons. The van der Waals surface area contributed by atoms with E-state index >= 15 is 0 Å². The van der Waals surface area contributed by atoms with Gasteiger partial charge in [-0.15, -0.1) is 0 Å². The van der Waals surface area contributed by atoms with E-state index in [2.05, 4.69) is 0 Å². The second-order valence-corrected chi connectivity index (χ2v) is 4.99. The molecule has 0 aromatic heterocycles. The van der Waals surface area contributed by atoms with Gasteiger partial charge in [0.05, 0.1) is 18.8 Å². The first kappa shape index (κ1) is 13.3. The standard InChI is InChI=1S/C11H21NO4/c1-11(2,3)16-10(14)12-6-5-9(15-4)8(12)7-13/h8-9,13H,5-7H2,1-4H3/t8-,9-/m0/s1. The van der Waals surface area contributed by atoms with E-state index in [0.717, 1.165) is 6.42 Å². The number of carbonyl (C=O) groups excluding carboxylic acids is 1. The number of aliphatic hydroxyl groups excluding tert-OH is 1. The van der Waals surface area contributed by atoms with E-state index in [1.165, 1.54) is 0 Å². The quantitative estimate of drug-likeness (QED) is 0.770. The van der Waals surface area contributed by atoms with Gasteiger partial charge in [-0.3, -0.25) is 0 Å². The maximum absolute atomic E-state index is 11.8. The van der Waals surface area contributed by atoms with Gasteiger partial charge in [0.25, 0.3) is 0 Å². The smallest absolute Gasteiger partial charge is 0.410 e. The molecular weight excluding hydrogens is 210 g/mol. The second-order valence-electron chi connectivity index (χ2n) is 4.99. The van der Waals surface area contributed by atoms with E-state index in [4.69, 9.17) is 9.47 Å². The molecule has 5 nitrogen and oxygen atoms in total. The summed E-state index contributed by atoms with van der Waals surface area (Å²) in [4.78, 5) is 13.4. The number of amides is 1. The van der Waals surface area contributed by atoms with Crippen LogP contribution in [0, 0.1) is 0 Å². The predicted octanol–water partition coefficient (Wildman–Crippen LogP) is 1.00. The number of nitrogens with zero attached hydrogens (tertiary/aromatic N) is 1. The van der Waals surface area contributed by atoms with E-state index in [-0.39, 0.29) is 24.8 Å². The molecule has 2 atom stereocenters. The normalized spacial score (nSPS) is 25.9. The maximum atomic E-state index is 11.8. The third kappa shape index (κ3) is 3.09. The molecule has 0 aromatic carbocycles. The molecule has 1 rings (SSSR count). The number of rotatable bonds is 2. The van der Waals surface area contributed by atoms with Crippen molar-refractivity contribution < 1.29 is 19.4 Å². The Morgan fingerprint density at radius 3 is 2.56 bits per heavy atom. The molecule has 16 heavy (non-hydrogen) atoms. The third-order valence-electron chi connectivity index (χ3n) is 2.60. The van der Waals surface area contributed by atoms with Gasteiger partial charge in [0, 0.05) is 13.7 Å². The first-order valence-corrected chi connectivity index (χ1v) is 5.52. The summed E-state index contributed by atoms with van der Waals surface area (Å²) >= 11 is 0. The molecule has 0 unspecified atom stereocenters. The average Bonchev–Trinajstić information content (AvgIpc) is 2.57. The van der Waals surface area contributed by atoms with Crippen molar-refractivity contribution in [3.05, 3.63) is 0 Å². The first-order chi connectivity index (χ1) is 7.39. The lowest BCUT2D eigenvalue weighted by molar-refractivity contribution is -0.000547. The molecule has 1 N–H and O–H groups in total. The van der Waals surface area contributed by atoms with Crippen molar-refractivity contribution in [2.45, 2.75) is 44.9 Å². The van der Waals surface area contributed by atoms with Crippen LogP contribution in [0.2, 0.25) is 0 Å². The Morgan fingerprint density at radius 2 is 2.12 bits per heavy atom. The van der Waals surface area contributed by atoms with Crippen LogP contribution < -0.4 is 0 Å². The summed E-state index contributed by atoms with van der Waals surface area (Å²) < 4.78 is 10.5. The summed E-state index contributed by atoms with van der Waals surface area (Å²) in [7, 11) is 1.59. The molecule has 1 fully saturated rings.